The Balaban J connectivity index is 2.01. The quantitative estimate of drug-likeness (QED) is 0.789. The Hall–Kier alpha value is -2.33. The summed E-state index contributed by atoms with van der Waals surface area (Å²) in [5.74, 6) is 1.36. The van der Waals surface area contributed by atoms with Gasteiger partial charge in [-0.1, -0.05) is 12.1 Å². The number of benzene rings is 2. The van der Waals surface area contributed by atoms with E-state index in [2.05, 4.69) is 4.98 Å². The lowest BCUT2D eigenvalue weighted by atomic mass is 10.1. The highest BCUT2D eigenvalue weighted by Gasteiger charge is 2.09. The molecular weight excluding hydrogens is 252 g/mol. The van der Waals surface area contributed by atoms with Crippen LogP contribution >= 0.6 is 0 Å². The number of nitrogens with two attached hydrogens (primary N) is 1. The van der Waals surface area contributed by atoms with Gasteiger partial charge in [-0.3, -0.25) is 0 Å². The molecule has 3 rings (SSSR count). The van der Waals surface area contributed by atoms with E-state index in [1.54, 1.807) is 7.11 Å². The molecule has 2 aromatic carbocycles. The van der Waals surface area contributed by atoms with Gasteiger partial charge >= 0.3 is 0 Å². The van der Waals surface area contributed by atoms with E-state index in [-0.39, 0.29) is 6.04 Å². The number of methoxy groups -OCH3 is 1. The van der Waals surface area contributed by atoms with Crippen LogP contribution in [0.15, 0.2) is 46.9 Å². The molecular formula is C16H16N2O2. The lowest BCUT2D eigenvalue weighted by Gasteiger charge is -2.04. The molecule has 0 radical (unpaired) electrons. The number of rotatable bonds is 3. The first-order valence-electron chi connectivity index (χ1n) is 6.48. The summed E-state index contributed by atoms with van der Waals surface area (Å²) in [6.07, 6.45) is 0. The number of oxazole rings is 1. The van der Waals surface area contributed by atoms with Gasteiger partial charge in [-0.15, -0.1) is 0 Å². The zero-order valence-electron chi connectivity index (χ0n) is 11.5. The van der Waals surface area contributed by atoms with E-state index in [4.69, 9.17) is 14.9 Å². The minimum atomic E-state index is 0.0249. The van der Waals surface area contributed by atoms with Crippen molar-refractivity contribution in [1.82, 2.24) is 4.98 Å². The number of hydrogen-bond acceptors (Lipinski definition) is 4. The Kier molecular flexibility index (Phi) is 3.16. The summed E-state index contributed by atoms with van der Waals surface area (Å²) in [5, 5.41) is 0. The zero-order valence-corrected chi connectivity index (χ0v) is 11.5. The molecule has 1 aromatic heterocycles. The molecule has 4 nitrogen and oxygen atoms in total. The standard InChI is InChI=1S/C16H16N2O2/c1-10(17)11-3-5-12(6-4-11)16-18-14-8-7-13(19-2)9-15(14)20-16/h3-10H,17H2,1-2H3. The van der Waals surface area contributed by atoms with Gasteiger partial charge in [0, 0.05) is 17.7 Å². The van der Waals surface area contributed by atoms with Gasteiger partial charge in [0.25, 0.3) is 0 Å². The predicted molar refractivity (Wildman–Crippen MR) is 78.6 cm³/mol. The van der Waals surface area contributed by atoms with Crippen molar-refractivity contribution in [2.24, 2.45) is 5.73 Å². The van der Waals surface area contributed by atoms with E-state index in [0.717, 1.165) is 28.0 Å². The van der Waals surface area contributed by atoms with Gasteiger partial charge < -0.3 is 14.9 Å². The number of ether oxygens (including phenoxy) is 1. The summed E-state index contributed by atoms with van der Waals surface area (Å²) in [6.45, 7) is 1.96. The molecule has 0 spiro atoms. The molecule has 3 aromatic rings. The maximum atomic E-state index is 5.84. The Bertz CT molecular complexity index is 730. The molecule has 0 saturated heterocycles. The van der Waals surface area contributed by atoms with Crippen LogP contribution in [0, 0.1) is 0 Å². The maximum absolute atomic E-state index is 5.84. The van der Waals surface area contributed by atoms with Crippen LogP contribution < -0.4 is 10.5 Å². The van der Waals surface area contributed by atoms with Gasteiger partial charge in [0.05, 0.1) is 7.11 Å². The monoisotopic (exact) mass is 268 g/mol. The molecule has 0 amide bonds. The first kappa shape index (κ1) is 12.7. The van der Waals surface area contributed by atoms with Crippen molar-refractivity contribution in [1.29, 1.82) is 0 Å². The summed E-state index contributed by atoms with van der Waals surface area (Å²) >= 11 is 0. The Labute approximate surface area is 117 Å². The van der Waals surface area contributed by atoms with Gasteiger partial charge in [0.15, 0.2) is 5.58 Å². The fourth-order valence-corrected chi connectivity index (χ4v) is 2.08. The number of fused-ring (bicyclic) bond motifs is 1. The largest absolute Gasteiger partial charge is 0.497 e. The number of aromatic nitrogens is 1. The highest BCUT2D eigenvalue weighted by atomic mass is 16.5. The van der Waals surface area contributed by atoms with Gasteiger partial charge in [-0.2, -0.15) is 0 Å². The molecule has 2 N–H and O–H groups in total. The lowest BCUT2D eigenvalue weighted by molar-refractivity contribution is 0.414. The summed E-state index contributed by atoms with van der Waals surface area (Å²) in [5.41, 5.74) is 9.40. The highest BCUT2D eigenvalue weighted by molar-refractivity contribution is 5.77. The van der Waals surface area contributed by atoms with Crippen LogP contribution in [-0.4, -0.2) is 12.1 Å². The molecule has 1 atom stereocenters. The van der Waals surface area contributed by atoms with Gasteiger partial charge in [-0.25, -0.2) is 4.98 Å². The Morgan fingerprint density at radius 3 is 2.55 bits per heavy atom. The minimum Gasteiger partial charge on any atom is -0.497 e. The van der Waals surface area contributed by atoms with Crippen LogP contribution in [0.3, 0.4) is 0 Å². The fourth-order valence-electron chi connectivity index (χ4n) is 2.08. The molecule has 20 heavy (non-hydrogen) atoms. The third-order valence-corrected chi connectivity index (χ3v) is 3.28. The van der Waals surface area contributed by atoms with Crippen LogP contribution in [0.1, 0.15) is 18.5 Å². The second-order valence-corrected chi connectivity index (χ2v) is 4.76. The van der Waals surface area contributed by atoms with E-state index in [0.29, 0.717) is 5.89 Å². The average molecular weight is 268 g/mol. The smallest absolute Gasteiger partial charge is 0.227 e. The molecule has 1 heterocycles. The molecule has 0 aliphatic carbocycles. The lowest BCUT2D eigenvalue weighted by Crippen LogP contribution is -2.04. The SMILES string of the molecule is COc1ccc2nc(-c3ccc(C(C)N)cc3)oc2c1. The molecule has 0 bridgehead atoms. The van der Waals surface area contributed by atoms with E-state index < -0.39 is 0 Å². The molecule has 102 valence electrons. The van der Waals surface area contributed by atoms with Crippen LogP contribution in [0.4, 0.5) is 0 Å². The van der Waals surface area contributed by atoms with E-state index >= 15 is 0 Å². The van der Waals surface area contributed by atoms with Gasteiger partial charge in [0.2, 0.25) is 5.89 Å². The molecule has 4 heteroatoms. The summed E-state index contributed by atoms with van der Waals surface area (Å²) in [4.78, 5) is 4.48. The zero-order chi connectivity index (χ0) is 14.1. The Morgan fingerprint density at radius 2 is 1.90 bits per heavy atom. The van der Waals surface area contributed by atoms with E-state index in [9.17, 15) is 0 Å². The minimum absolute atomic E-state index is 0.0249. The second kappa shape index (κ2) is 4.98. The third kappa shape index (κ3) is 2.26. The molecule has 0 saturated carbocycles. The topological polar surface area (TPSA) is 61.3 Å². The van der Waals surface area contributed by atoms with Crippen LogP contribution in [0.2, 0.25) is 0 Å². The third-order valence-electron chi connectivity index (χ3n) is 3.28. The molecule has 0 aliphatic rings. The van der Waals surface area contributed by atoms with Crippen LogP contribution in [0.5, 0.6) is 5.75 Å². The first-order chi connectivity index (χ1) is 9.67. The van der Waals surface area contributed by atoms with E-state index in [1.807, 2.05) is 49.4 Å². The van der Waals surface area contributed by atoms with Crippen molar-refractivity contribution >= 4 is 11.1 Å². The molecule has 1 unspecified atom stereocenters. The van der Waals surface area contributed by atoms with Crippen molar-refractivity contribution in [3.8, 4) is 17.2 Å². The van der Waals surface area contributed by atoms with Crippen molar-refractivity contribution in [2.75, 3.05) is 7.11 Å². The van der Waals surface area contributed by atoms with E-state index in [1.165, 1.54) is 0 Å². The van der Waals surface area contributed by atoms with Gasteiger partial charge in [0.1, 0.15) is 11.3 Å². The second-order valence-electron chi connectivity index (χ2n) is 4.76. The van der Waals surface area contributed by atoms with Crippen molar-refractivity contribution in [3.63, 3.8) is 0 Å². The van der Waals surface area contributed by atoms with Crippen molar-refractivity contribution in [3.05, 3.63) is 48.0 Å². The van der Waals surface area contributed by atoms with Gasteiger partial charge in [-0.05, 0) is 36.8 Å². The summed E-state index contributed by atoms with van der Waals surface area (Å²) in [7, 11) is 1.63. The first-order valence-corrected chi connectivity index (χ1v) is 6.48. The predicted octanol–water partition coefficient (Wildman–Crippen LogP) is 3.52. The molecule has 0 fully saturated rings. The fraction of sp³-hybridized carbons (Fsp3) is 0.188. The van der Waals surface area contributed by atoms with Crippen molar-refractivity contribution in [2.45, 2.75) is 13.0 Å². The number of nitrogens with zero attached hydrogens (tertiary/aromatic N) is 1. The number of hydrogen-bond donors (Lipinski definition) is 1. The Morgan fingerprint density at radius 1 is 1.15 bits per heavy atom. The van der Waals surface area contributed by atoms with Crippen LogP contribution in [0.25, 0.3) is 22.6 Å². The maximum Gasteiger partial charge on any atom is 0.227 e. The average Bonchev–Trinajstić information content (AvgIpc) is 2.90. The summed E-state index contributed by atoms with van der Waals surface area (Å²) in [6, 6.07) is 13.6. The normalized spacial score (nSPS) is 12.6. The highest BCUT2D eigenvalue weighted by Crippen LogP contribution is 2.27. The van der Waals surface area contributed by atoms with Crippen molar-refractivity contribution < 1.29 is 9.15 Å². The summed E-state index contributed by atoms with van der Waals surface area (Å²) < 4.78 is 11.0. The molecule has 0 aliphatic heterocycles. The van der Waals surface area contributed by atoms with Crippen LogP contribution in [-0.2, 0) is 0 Å².